The molecular weight excluding hydrogens is 250 g/mol. The summed E-state index contributed by atoms with van der Waals surface area (Å²) in [6, 6.07) is 2.22. The highest BCUT2D eigenvalue weighted by molar-refractivity contribution is 5.54. The zero-order valence-corrected chi connectivity index (χ0v) is 13.0. The molecule has 0 atom stereocenters. The normalized spacial score (nSPS) is 16.6. The summed E-state index contributed by atoms with van der Waals surface area (Å²) in [5.74, 6) is 0. The van der Waals surface area contributed by atoms with Crippen LogP contribution in [0.4, 0.5) is 5.69 Å². The molecule has 0 amide bonds. The maximum atomic E-state index is 5.46. The summed E-state index contributed by atoms with van der Waals surface area (Å²) in [6.07, 6.45) is 5.83. The van der Waals surface area contributed by atoms with Crippen LogP contribution in [0.2, 0.25) is 0 Å². The molecule has 1 N–H and O–H groups in total. The first kappa shape index (κ1) is 15.3. The number of pyridine rings is 1. The highest BCUT2D eigenvalue weighted by Gasteiger charge is 2.20. The van der Waals surface area contributed by atoms with Crippen LogP contribution in [0.25, 0.3) is 0 Å². The van der Waals surface area contributed by atoms with E-state index in [1.807, 2.05) is 13.3 Å². The van der Waals surface area contributed by atoms with E-state index in [0.717, 1.165) is 51.1 Å². The average Bonchev–Trinajstić information content (AvgIpc) is 2.49. The lowest BCUT2D eigenvalue weighted by atomic mass is 10.1. The minimum Gasteiger partial charge on any atom is -0.381 e. The van der Waals surface area contributed by atoms with E-state index in [1.165, 1.54) is 11.3 Å². The number of nitrogens with one attached hydrogen (secondary N) is 1. The van der Waals surface area contributed by atoms with E-state index in [0.29, 0.717) is 6.10 Å². The second-order valence-corrected chi connectivity index (χ2v) is 5.55. The van der Waals surface area contributed by atoms with Crippen LogP contribution in [0.5, 0.6) is 0 Å². The van der Waals surface area contributed by atoms with Crippen molar-refractivity contribution < 1.29 is 4.74 Å². The van der Waals surface area contributed by atoms with E-state index in [9.17, 15) is 0 Å². The number of ether oxygens (including phenoxy) is 1. The average molecular weight is 277 g/mol. The molecule has 1 aliphatic heterocycles. The molecule has 0 aliphatic carbocycles. The van der Waals surface area contributed by atoms with E-state index >= 15 is 0 Å². The lowest BCUT2D eigenvalue weighted by Gasteiger charge is -2.34. The zero-order valence-electron chi connectivity index (χ0n) is 13.0. The van der Waals surface area contributed by atoms with Crippen LogP contribution in [-0.2, 0) is 11.3 Å². The lowest BCUT2D eigenvalue weighted by Crippen LogP contribution is -2.37. The Morgan fingerprint density at radius 2 is 2.15 bits per heavy atom. The van der Waals surface area contributed by atoms with E-state index < -0.39 is 0 Å². The quantitative estimate of drug-likeness (QED) is 0.811. The number of rotatable bonds is 6. The minimum absolute atomic E-state index is 0.427. The van der Waals surface area contributed by atoms with E-state index in [1.54, 1.807) is 0 Å². The summed E-state index contributed by atoms with van der Waals surface area (Å²) in [4.78, 5) is 6.93. The monoisotopic (exact) mass is 277 g/mol. The third kappa shape index (κ3) is 3.93. The Bertz CT molecular complexity index is 414. The molecular formula is C16H27N3O. The molecule has 112 valence electrons. The van der Waals surface area contributed by atoms with Gasteiger partial charge in [0.25, 0.3) is 0 Å². The van der Waals surface area contributed by atoms with Crippen molar-refractivity contribution in [2.45, 2.75) is 45.8 Å². The van der Waals surface area contributed by atoms with Crippen molar-refractivity contribution in [3.8, 4) is 0 Å². The molecule has 0 saturated carbocycles. The Morgan fingerprint density at radius 3 is 2.80 bits per heavy atom. The molecule has 0 bridgehead atoms. The fourth-order valence-electron chi connectivity index (χ4n) is 2.74. The lowest BCUT2D eigenvalue weighted by molar-refractivity contribution is 0.0819. The smallest absolute Gasteiger partial charge is 0.0605 e. The van der Waals surface area contributed by atoms with Crippen molar-refractivity contribution in [3.05, 3.63) is 23.5 Å². The van der Waals surface area contributed by atoms with Crippen molar-refractivity contribution in [2.24, 2.45) is 0 Å². The standard InChI is InChI=1S/C16H27N3O/c1-4-7-17-11-14-12-18-13(2)10-16(14)19-8-5-15(20-3)6-9-19/h10,12,15,17H,4-9,11H2,1-3H3. The topological polar surface area (TPSA) is 37.4 Å². The zero-order chi connectivity index (χ0) is 14.4. The predicted octanol–water partition coefficient (Wildman–Crippen LogP) is 2.50. The van der Waals surface area contributed by atoms with Gasteiger partial charge in [-0.05, 0) is 38.8 Å². The molecule has 2 rings (SSSR count). The predicted molar refractivity (Wildman–Crippen MR) is 83.2 cm³/mol. The molecule has 1 fully saturated rings. The first-order valence-electron chi connectivity index (χ1n) is 7.68. The molecule has 4 nitrogen and oxygen atoms in total. The van der Waals surface area contributed by atoms with Crippen LogP contribution >= 0.6 is 0 Å². The van der Waals surface area contributed by atoms with Crippen molar-refractivity contribution in [1.29, 1.82) is 0 Å². The van der Waals surface area contributed by atoms with E-state index in [4.69, 9.17) is 4.74 Å². The second kappa shape index (κ2) is 7.60. The Balaban J connectivity index is 2.06. The third-order valence-corrected chi connectivity index (χ3v) is 3.96. The van der Waals surface area contributed by atoms with Gasteiger partial charge in [-0.15, -0.1) is 0 Å². The Labute approximate surface area is 122 Å². The molecule has 4 heteroatoms. The van der Waals surface area contributed by atoms with E-state index in [-0.39, 0.29) is 0 Å². The summed E-state index contributed by atoms with van der Waals surface area (Å²) in [7, 11) is 1.82. The van der Waals surface area contributed by atoms with Crippen LogP contribution in [0.15, 0.2) is 12.3 Å². The number of methoxy groups -OCH3 is 1. The molecule has 20 heavy (non-hydrogen) atoms. The Hall–Kier alpha value is -1.13. The summed E-state index contributed by atoms with van der Waals surface area (Å²) in [5, 5.41) is 3.48. The van der Waals surface area contributed by atoms with Gasteiger partial charge in [0.15, 0.2) is 0 Å². The summed E-state index contributed by atoms with van der Waals surface area (Å²) in [5.41, 5.74) is 3.74. The molecule has 0 unspecified atom stereocenters. The minimum atomic E-state index is 0.427. The van der Waals surface area contributed by atoms with Crippen molar-refractivity contribution in [1.82, 2.24) is 10.3 Å². The molecule has 1 aromatic heterocycles. The summed E-state index contributed by atoms with van der Waals surface area (Å²) in [6.45, 7) is 8.36. The van der Waals surface area contributed by atoms with Gasteiger partial charge in [0.05, 0.1) is 6.10 Å². The molecule has 1 aromatic rings. The van der Waals surface area contributed by atoms with Crippen LogP contribution in [0, 0.1) is 6.92 Å². The van der Waals surface area contributed by atoms with Crippen molar-refractivity contribution in [3.63, 3.8) is 0 Å². The summed E-state index contributed by atoms with van der Waals surface area (Å²) < 4.78 is 5.46. The van der Waals surface area contributed by atoms with Gasteiger partial charge in [-0.1, -0.05) is 6.92 Å². The van der Waals surface area contributed by atoms with E-state index in [2.05, 4.69) is 35.1 Å². The Kier molecular flexibility index (Phi) is 5.80. The summed E-state index contributed by atoms with van der Waals surface area (Å²) >= 11 is 0. The first-order valence-corrected chi connectivity index (χ1v) is 7.68. The molecule has 2 heterocycles. The number of aromatic nitrogens is 1. The van der Waals surface area contributed by atoms with Crippen LogP contribution in [0.3, 0.4) is 0 Å². The van der Waals surface area contributed by atoms with Crippen molar-refractivity contribution in [2.75, 3.05) is 31.6 Å². The number of nitrogens with zero attached hydrogens (tertiary/aromatic N) is 2. The molecule has 1 aliphatic rings. The van der Waals surface area contributed by atoms with Gasteiger partial charge in [0.1, 0.15) is 0 Å². The molecule has 1 saturated heterocycles. The maximum absolute atomic E-state index is 5.46. The van der Waals surface area contributed by atoms with Gasteiger partial charge < -0.3 is 15.0 Å². The molecule has 0 aromatic carbocycles. The van der Waals surface area contributed by atoms with Gasteiger partial charge in [0, 0.05) is 49.9 Å². The highest BCUT2D eigenvalue weighted by atomic mass is 16.5. The second-order valence-electron chi connectivity index (χ2n) is 5.55. The van der Waals surface area contributed by atoms with Gasteiger partial charge >= 0.3 is 0 Å². The largest absolute Gasteiger partial charge is 0.381 e. The number of hydrogen-bond acceptors (Lipinski definition) is 4. The number of anilines is 1. The van der Waals surface area contributed by atoms with Crippen LogP contribution in [0.1, 0.15) is 37.4 Å². The van der Waals surface area contributed by atoms with Crippen LogP contribution < -0.4 is 10.2 Å². The SMILES string of the molecule is CCCNCc1cnc(C)cc1N1CCC(OC)CC1. The van der Waals surface area contributed by atoms with Gasteiger partial charge in [0.2, 0.25) is 0 Å². The van der Waals surface area contributed by atoms with Crippen LogP contribution in [-0.4, -0.2) is 37.8 Å². The first-order chi connectivity index (χ1) is 9.74. The third-order valence-electron chi connectivity index (χ3n) is 3.96. The van der Waals surface area contributed by atoms with Gasteiger partial charge in [-0.2, -0.15) is 0 Å². The number of hydrogen-bond donors (Lipinski definition) is 1. The fraction of sp³-hybridized carbons (Fsp3) is 0.688. The highest BCUT2D eigenvalue weighted by Crippen LogP contribution is 2.25. The molecule has 0 radical (unpaired) electrons. The van der Waals surface area contributed by atoms with Gasteiger partial charge in [-0.3, -0.25) is 4.98 Å². The maximum Gasteiger partial charge on any atom is 0.0605 e. The fourth-order valence-corrected chi connectivity index (χ4v) is 2.74. The van der Waals surface area contributed by atoms with Gasteiger partial charge in [-0.25, -0.2) is 0 Å². The molecule has 0 spiro atoms. The number of piperidine rings is 1. The number of aryl methyl sites for hydroxylation is 1. The Morgan fingerprint density at radius 1 is 1.40 bits per heavy atom. The van der Waals surface area contributed by atoms with Crippen molar-refractivity contribution >= 4 is 5.69 Å².